The van der Waals surface area contributed by atoms with E-state index in [0.29, 0.717) is 22.1 Å². The van der Waals surface area contributed by atoms with Crippen LogP contribution in [0.1, 0.15) is 31.9 Å². The maximum Gasteiger partial charge on any atom is 0.0640 e. The summed E-state index contributed by atoms with van der Waals surface area (Å²) in [5.74, 6) is 1.58. The van der Waals surface area contributed by atoms with Gasteiger partial charge in [0.05, 0.1) is 10.0 Å². The standard InChI is InChI=1S/C16H22Cl2N2/c1-3-15-13-8-19-7-11(13)9-20(15)10(2)12-5-4-6-14(17)16(12)18/h4-6,10-11,13,15,19H,3,7-9H2,1-2H3. The van der Waals surface area contributed by atoms with Crippen LogP contribution in [-0.2, 0) is 0 Å². The molecule has 2 saturated heterocycles. The van der Waals surface area contributed by atoms with Crippen molar-refractivity contribution >= 4 is 23.2 Å². The van der Waals surface area contributed by atoms with E-state index in [1.807, 2.05) is 12.1 Å². The highest BCUT2D eigenvalue weighted by Crippen LogP contribution is 2.41. The third kappa shape index (κ3) is 2.37. The lowest BCUT2D eigenvalue weighted by Gasteiger charge is -2.33. The van der Waals surface area contributed by atoms with Gasteiger partial charge in [-0.05, 0) is 49.9 Å². The van der Waals surface area contributed by atoms with Crippen LogP contribution in [0.2, 0.25) is 10.0 Å². The number of halogens is 2. The molecule has 2 aliphatic heterocycles. The van der Waals surface area contributed by atoms with Crippen molar-refractivity contribution < 1.29 is 0 Å². The number of hydrogen-bond donors (Lipinski definition) is 1. The topological polar surface area (TPSA) is 15.3 Å². The van der Waals surface area contributed by atoms with Crippen molar-refractivity contribution in [3.63, 3.8) is 0 Å². The van der Waals surface area contributed by atoms with Crippen LogP contribution in [0, 0.1) is 11.8 Å². The van der Waals surface area contributed by atoms with Gasteiger partial charge in [0.2, 0.25) is 0 Å². The minimum atomic E-state index is 0.330. The summed E-state index contributed by atoms with van der Waals surface area (Å²) in [5.41, 5.74) is 1.16. The zero-order valence-corrected chi connectivity index (χ0v) is 13.6. The Labute approximate surface area is 131 Å². The van der Waals surface area contributed by atoms with Gasteiger partial charge in [-0.3, -0.25) is 4.90 Å². The van der Waals surface area contributed by atoms with Crippen molar-refractivity contribution in [2.75, 3.05) is 19.6 Å². The quantitative estimate of drug-likeness (QED) is 0.908. The number of likely N-dealkylation sites (tertiary alicyclic amines) is 1. The summed E-state index contributed by atoms with van der Waals surface area (Å²) in [6, 6.07) is 6.95. The molecule has 3 rings (SSSR count). The second-order valence-electron chi connectivity index (χ2n) is 6.07. The van der Waals surface area contributed by atoms with E-state index in [2.05, 4.69) is 30.1 Å². The van der Waals surface area contributed by atoms with Crippen LogP contribution < -0.4 is 5.32 Å². The lowest BCUT2D eigenvalue weighted by atomic mass is 9.92. The van der Waals surface area contributed by atoms with E-state index >= 15 is 0 Å². The summed E-state index contributed by atoms with van der Waals surface area (Å²) in [7, 11) is 0. The van der Waals surface area contributed by atoms with Crippen LogP contribution in [0.5, 0.6) is 0 Å². The molecule has 0 aromatic heterocycles. The molecule has 4 unspecified atom stereocenters. The normalized spacial score (nSPS) is 31.5. The molecule has 1 aromatic rings. The molecule has 2 nitrogen and oxygen atoms in total. The highest BCUT2D eigenvalue weighted by Gasteiger charge is 2.44. The number of rotatable bonds is 3. The van der Waals surface area contributed by atoms with Gasteiger partial charge in [-0.1, -0.05) is 42.3 Å². The average Bonchev–Trinajstić information content (AvgIpc) is 3.01. The van der Waals surface area contributed by atoms with Gasteiger partial charge in [-0.25, -0.2) is 0 Å². The number of nitrogens with one attached hydrogen (secondary N) is 1. The van der Waals surface area contributed by atoms with Gasteiger partial charge in [0.1, 0.15) is 0 Å². The van der Waals surface area contributed by atoms with E-state index in [1.165, 1.54) is 13.0 Å². The SMILES string of the molecule is CCC1C2CNCC2CN1C(C)c1cccc(Cl)c1Cl. The van der Waals surface area contributed by atoms with Gasteiger partial charge in [0.25, 0.3) is 0 Å². The highest BCUT2D eigenvalue weighted by molar-refractivity contribution is 6.42. The molecule has 0 amide bonds. The first kappa shape index (κ1) is 14.6. The molecule has 4 atom stereocenters. The van der Waals surface area contributed by atoms with Crippen molar-refractivity contribution in [2.45, 2.75) is 32.4 Å². The molecule has 20 heavy (non-hydrogen) atoms. The van der Waals surface area contributed by atoms with Crippen LogP contribution in [0.3, 0.4) is 0 Å². The Morgan fingerprint density at radius 2 is 2.15 bits per heavy atom. The number of benzene rings is 1. The largest absolute Gasteiger partial charge is 0.316 e. The van der Waals surface area contributed by atoms with E-state index < -0.39 is 0 Å². The number of nitrogens with zero attached hydrogens (tertiary/aromatic N) is 1. The molecule has 1 aromatic carbocycles. The first-order valence-electron chi connectivity index (χ1n) is 7.53. The molecule has 110 valence electrons. The zero-order chi connectivity index (χ0) is 14.3. The Hall–Kier alpha value is -0.280. The lowest BCUT2D eigenvalue weighted by molar-refractivity contribution is 0.165. The predicted molar refractivity (Wildman–Crippen MR) is 85.5 cm³/mol. The predicted octanol–water partition coefficient (Wildman–Crippen LogP) is 3.98. The first-order valence-corrected chi connectivity index (χ1v) is 8.29. The molecule has 0 spiro atoms. The third-order valence-corrected chi connectivity index (χ3v) is 5.94. The molecule has 2 fully saturated rings. The summed E-state index contributed by atoms with van der Waals surface area (Å²) in [5, 5.41) is 4.91. The molecule has 0 aliphatic carbocycles. The van der Waals surface area contributed by atoms with Crippen LogP contribution in [-0.4, -0.2) is 30.6 Å². The zero-order valence-electron chi connectivity index (χ0n) is 12.1. The molecule has 0 bridgehead atoms. The van der Waals surface area contributed by atoms with E-state index in [-0.39, 0.29) is 0 Å². The molecule has 2 aliphatic rings. The summed E-state index contributed by atoms with van der Waals surface area (Å²) < 4.78 is 0. The first-order chi connectivity index (χ1) is 9.63. The number of hydrogen-bond acceptors (Lipinski definition) is 2. The van der Waals surface area contributed by atoms with Crippen LogP contribution in [0.4, 0.5) is 0 Å². The van der Waals surface area contributed by atoms with E-state index in [4.69, 9.17) is 23.2 Å². The van der Waals surface area contributed by atoms with E-state index in [0.717, 1.165) is 30.5 Å². The summed E-state index contributed by atoms with van der Waals surface area (Å²) in [4.78, 5) is 2.63. The van der Waals surface area contributed by atoms with Crippen molar-refractivity contribution in [3.05, 3.63) is 33.8 Å². The second kappa shape index (κ2) is 5.84. The molecule has 0 radical (unpaired) electrons. The van der Waals surface area contributed by atoms with Crippen molar-refractivity contribution in [2.24, 2.45) is 11.8 Å². The Morgan fingerprint density at radius 3 is 2.90 bits per heavy atom. The van der Waals surface area contributed by atoms with Gasteiger partial charge in [-0.15, -0.1) is 0 Å². The van der Waals surface area contributed by atoms with Crippen LogP contribution in [0.25, 0.3) is 0 Å². The Morgan fingerprint density at radius 1 is 1.35 bits per heavy atom. The minimum Gasteiger partial charge on any atom is -0.316 e. The van der Waals surface area contributed by atoms with Gasteiger partial charge in [0, 0.05) is 18.6 Å². The van der Waals surface area contributed by atoms with E-state index in [9.17, 15) is 0 Å². The van der Waals surface area contributed by atoms with Crippen molar-refractivity contribution in [1.82, 2.24) is 10.2 Å². The van der Waals surface area contributed by atoms with Gasteiger partial charge in [-0.2, -0.15) is 0 Å². The van der Waals surface area contributed by atoms with Crippen LogP contribution >= 0.6 is 23.2 Å². The molecule has 1 N–H and O–H groups in total. The molecule has 2 heterocycles. The summed E-state index contributed by atoms with van der Waals surface area (Å²) in [6.07, 6.45) is 1.20. The second-order valence-corrected chi connectivity index (χ2v) is 6.86. The fraction of sp³-hybridized carbons (Fsp3) is 0.625. The van der Waals surface area contributed by atoms with Gasteiger partial charge < -0.3 is 5.32 Å². The highest BCUT2D eigenvalue weighted by atomic mass is 35.5. The Kier molecular flexibility index (Phi) is 4.28. The Balaban J connectivity index is 1.86. The average molecular weight is 313 g/mol. The van der Waals surface area contributed by atoms with Crippen LogP contribution in [0.15, 0.2) is 18.2 Å². The van der Waals surface area contributed by atoms with Gasteiger partial charge in [0.15, 0.2) is 0 Å². The summed E-state index contributed by atoms with van der Waals surface area (Å²) >= 11 is 12.6. The Bertz CT molecular complexity index is 491. The van der Waals surface area contributed by atoms with Crippen molar-refractivity contribution in [3.8, 4) is 0 Å². The maximum absolute atomic E-state index is 6.41. The van der Waals surface area contributed by atoms with Gasteiger partial charge >= 0.3 is 0 Å². The fourth-order valence-corrected chi connectivity index (χ4v) is 4.53. The summed E-state index contributed by atoms with van der Waals surface area (Å²) in [6.45, 7) is 8.04. The van der Waals surface area contributed by atoms with Crippen molar-refractivity contribution in [1.29, 1.82) is 0 Å². The lowest BCUT2D eigenvalue weighted by Crippen LogP contribution is -2.37. The third-order valence-electron chi connectivity index (χ3n) is 5.10. The van der Waals surface area contributed by atoms with E-state index in [1.54, 1.807) is 0 Å². The monoisotopic (exact) mass is 312 g/mol. The maximum atomic E-state index is 6.41. The minimum absolute atomic E-state index is 0.330. The fourth-order valence-electron chi connectivity index (χ4n) is 4.06. The smallest absolute Gasteiger partial charge is 0.0640 e. The molecular weight excluding hydrogens is 291 g/mol. The molecule has 0 saturated carbocycles. The molecule has 4 heteroatoms. The molecular formula is C16H22Cl2N2. The number of fused-ring (bicyclic) bond motifs is 1.